The topological polar surface area (TPSA) is 58.6 Å². The van der Waals surface area contributed by atoms with Crippen molar-refractivity contribution in [3.63, 3.8) is 0 Å². The van der Waals surface area contributed by atoms with Gasteiger partial charge in [-0.1, -0.05) is 30.0 Å². The van der Waals surface area contributed by atoms with Gasteiger partial charge in [0.2, 0.25) is 5.91 Å². The van der Waals surface area contributed by atoms with Gasteiger partial charge in [0.05, 0.1) is 7.11 Å². The van der Waals surface area contributed by atoms with Gasteiger partial charge in [-0.15, -0.1) is 0 Å². The Balaban J connectivity index is 1.61. The third-order valence-electron chi connectivity index (χ3n) is 4.00. The number of benzene rings is 1. The van der Waals surface area contributed by atoms with Gasteiger partial charge in [-0.2, -0.15) is 0 Å². The molecule has 0 atom stereocenters. The summed E-state index contributed by atoms with van der Waals surface area (Å²) in [5.41, 5.74) is 2.09. The zero-order chi connectivity index (χ0) is 17.9. The summed E-state index contributed by atoms with van der Waals surface area (Å²) >= 11 is 0. The van der Waals surface area contributed by atoms with Crippen LogP contribution in [0.25, 0.3) is 0 Å². The Morgan fingerprint density at radius 3 is 2.80 bits per heavy atom. The Morgan fingerprint density at radius 1 is 1.24 bits per heavy atom. The lowest BCUT2D eigenvalue weighted by molar-refractivity contribution is -0.121. The Morgan fingerprint density at radius 2 is 2.04 bits per heavy atom. The SMILES string of the molecule is COC1=C(O)CCC(CNC(=O)CCCCC#Cc2ccccc2)=C1. The summed E-state index contributed by atoms with van der Waals surface area (Å²) in [6, 6.07) is 9.91. The number of aliphatic hydroxyl groups is 1. The number of unbranched alkanes of at least 4 members (excludes halogenated alkanes) is 2. The molecule has 2 rings (SSSR count). The molecule has 0 spiro atoms. The van der Waals surface area contributed by atoms with Crippen molar-refractivity contribution in [2.24, 2.45) is 0 Å². The highest BCUT2D eigenvalue weighted by Gasteiger charge is 2.13. The minimum Gasteiger partial charge on any atom is -0.508 e. The van der Waals surface area contributed by atoms with Gasteiger partial charge in [-0.3, -0.25) is 4.79 Å². The van der Waals surface area contributed by atoms with E-state index < -0.39 is 0 Å². The maximum absolute atomic E-state index is 11.9. The number of carbonyl (C=O) groups excluding carboxylic acids is 1. The summed E-state index contributed by atoms with van der Waals surface area (Å²) in [6.07, 6.45) is 6.17. The molecule has 1 aliphatic rings. The zero-order valence-electron chi connectivity index (χ0n) is 14.7. The molecule has 0 fully saturated rings. The van der Waals surface area contributed by atoms with Crippen LogP contribution in [-0.2, 0) is 9.53 Å². The summed E-state index contributed by atoms with van der Waals surface area (Å²) in [7, 11) is 1.53. The number of hydrogen-bond acceptors (Lipinski definition) is 3. The molecule has 1 amide bonds. The quantitative estimate of drug-likeness (QED) is 0.586. The van der Waals surface area contributed by atoms with Gasteiger partial charge in [0.1, 0.15) is 5.76 Å². The van der Waals surface area contributed by atoms with E-state index in [1.807, 2.05) is 30.3 Å². The van der Waals surface area contributed by atoms with E-state index in [1.165, 1.54) is 7.11 Å². The molecular formula is C21H25NO3. The minimum atomic E-state index is 0.0506. The molecule has 0 aliphatic heterocycles. The second-order valence-electron chi connectivity index (χ2n) is 5.97. The van der Waals surface area contributed by atoms with Crippen LogP contribution in [0, 0.1) is 11.8 Å². The average molecular weight is 339 g/mol. The van der Waals surface area contributed by atoms with E-state index in [2.05, 4.69) is 17.2 Å². The fraction of sp³-hybridized carbons (Fsp3) is 0.381. The molecule has 1 aromatic carbocycles. The lowest BCUT2D eigenvalue weighted by Gasteiger charge is -2.16. The van der Waals surface area contributed by atoms with Gasteiger partial charge in [-0.05, 0) is 43.0 Å². The van der Waals surface area contributed by atoms with E-state index >= 15 is 0 Å². The summed E-state index contributed by atoms with van der Waals surface area (Å²) in [4.78, 5) is 11.9. The van der Waals surface area contributed by atoms with Gasteiger partial charge in [0.25, 0.3) is 0 Å². The molecule has 0 unspecified atom stereocenters. The molecule has 2 N–H and O–H groups in total. The first-order valence-electron chi connectivity index (χ1n) is 8.65. The monoisotopic (exact) mass is 339 g/mol. The normalized spacial score (nSPS) is 13.6. The van der Waals surface area contributed by atoms with Gasteiger partial charge in [0.15, 0.2) is 5.76 Å². The molecular weight excluding hydrogens is 314 g/mol. The minimum absolute atomic E-state index is 0.0506. The second kappa shape index (κ2) is 10.2. The predicted molar refractivity (Wildman–Crippen MR) is 98.8 cm³/mol. The van der Waals surface area contributed by atoms with Crippen molar-refractivity contribution >= 4 is 5.91 Å². The van der Waals surface area contributed by atoms with Crippen LogP contribution in [0.5, 0.6) is 0 Å². The smallest absolute Gasteiger partial charge is 0.220 e. The molecule has 0 saturated heterocycles. The van der Waals surface area contributed by atoms with Crippen LogP contribution >= 0.6 is 0 Å². The Labute approximate surface area is 149 Å². The molecule has 4 nitrogen and oxygen atoms in total. The fourth-order valence-electron chi connectivity index (χ4n) is 2.54. The van der Waals surface area contributed by atoms with Crippen molar-refractivity contribution in [1.82, 2.24) is 5.32 Å². The highest BCUT2D eigenvalue weighted by molar-refractivity contribution is 5.76. The van der Waals surface area contributed by atoms with Crippen LogP contribution in [0.4, 0.5) is 0 Å². The third kappa shape index (κ3) is 6.76. The van der Waals surface area contributed by atoms with E-state index in [-0.39, 0.29) is 11.7 Å². The number of methoxy groups -OCH3 is 1. The second-order valence-corrected chi connectivity index (χ2v) is 5.97. The van der Waals surface area contributed by atoms with Crippen molar-refractivity contribution < 1.29 is 14.6 Å². The number of ether oxygens (including phenoxy) is 1. The Bertz CT molecular complexity index is 693. The van der Waals surface area contributed by atoms with Crippen molar-refractivity contribution in [2.45, 2.75) is 38.5 Å². The van der Waals surface area contributed by atoms with Crippen LogP contribution in [-0.4, -0.2) is 24.7 Å². The highest BCUT2D eigenvalue weighted by atomic mass is 16.5. The summed E-state index contributed by atoms with van der Waals surface area (Å²) in [5, 5.41) is 12.6. The first-order chi connectivity index (χ1) is 12.2. The largest absolute Gasteiger partial charge is 0.508 e. The van der Waals surface area contributed by atoms with Crippen molar-refractivity contribution in [3.8, 4) is 11.8 Å². The van der Waals surface area contributed by atoms with Crippen LogP contribution in [0.1, 0.15) is 44.1 Å². The van der Waals surface area contributed by atoms with Crippen LogP contribution in [0.2, 0.25) is 0 Å². The van der Waals surface area contributed by atoms with Gasteiger partial charge < -0.3 is 15.2 Å². The number of rotatable bonds is 7. The maximum Gasteiger partial charge on any atom is 0.220 e. The number of allylic oxidation sites excluding steroid dienone is 2. The molecule has 1 aliphatic carbocycles. The first-order valence-corrected chi connectivity index (χ1v) is 8.65. The number of amides is 1. The standard InChI is InChI=1S/C21H25NO3/c1-25-20-15-18(13-14-19(20)23)16-22-21(24)12-8-3-2-5-9-17-10-6-4-7-11-17/h4,6-7,10-11,15,23H,2-3,8,12-14,16H2,1H3,(H,22,24). The fourth-order valence-corrected chi connectivity index (χ4v) is 2.54. The van der Waals surface area contributed by atoms with Crippen molar-refractivity contribution in [1.29, 1.82) is 0 Å². The molecule has 132 valence electrons. The van der Waals surface area contributed by atoms with Crippen molar-refractivity contribution in [2.75, 3.05) is 13.7 Å². The van der Waals surface area contributed by atoms with Gasteiger partial charge in [0, 0.05) is 31.4 Å². The maximum atomic E-state index is 11.9. The number of nitrogens with one attached hydrogen (secondary N) is 1. The third-order valence-corrected chi connectivity index (χ3v) is 4.00. The highest BCUT2D eigenvalue weighted by Crippen LogP contribution is 2.22. The molecule has 0 aromatic heterocycles. The Kier molecular flexibility index (Phi) is 7.65. The predicted octanol–water partition coefficient (Wildman–Crippen LogP) is 3.85. The van der Waals surface area contributed by atoms with Crippen molar-refractivity contribution in [3.05, 3.63) is 59.1 Å². The lowest BCUT2D eigenvalue weighted by Crippen LogP contribution is -2.26. The van der Waals surface area contributed by atoms with E-state index in [0.717, 1.165) is 36.8 Å². The number of carbonyl (C=O) groups is 1. The van der Waals surface area contributed by atoms with E-state index in [4.69, 9.17) is 4.74 Å². The molecule has 4 heteroatoms. The average Bonchev–Trinajstić information content (AvgIpc) is 2.64. The number of hydrogen-bond donors (Lipinski definition) is 2. The molecule has 0 saturated carbocycles. The van der Waals surface area contributed by atoms with Crippen LogP contribution < -0.4 is 5.32 Å². The van der Waals surface area contributed by atoms with E-state index in [0.29, 0.717) is 25.1 Å². The summed E-state index contributed by atoms with van der Waals surface area (Å²) in [5.74, 6) is 7.08. The summed E-state index contributed by atoms with van der Waals surface area (Å²) in [6.45, 7) is 0.507. The first kappa shape index (κ1) is 18.7. The molecule has 0 radical (unpaired) electrons. The molecule has 1 aromatic rings. The van der Waals surface area contributed by atoms with E-state index in [9.17, 15) is 9.90 Å². The van der Waals surface area contributed by atoms with Crippen LogP contribution in [0.3, 0.4) is 0 Å². The van der Waals surface area contributed by atoms with Crippen LogP contribution in [0.15, 0.2) is 53.5 Å². The summed E-state index contributed by atoms with van der Waals surface area (Å²) < 4.78 is 5.10. The number of aliphatic hydroxyl groups excluding tert-OH is 1. The molecule has 0 heterocycles. The Hall–Kier alpha value is -2.67. The molecule has 25 heavy (non-hydrogen) atoms. The molecule has 0 bridgehead atoms. The van der Waals surface area contributed by atoms with E-state index in [1.54, 1.807) is 6.08 Å². The van der Waals surface area contributed by atoms with Gasteiger partial charge in [-0.25, -0.2) is 0 Å². The zero-order valence-corrected chi connectivity index (χ0v) is 14.7. The van der Waals surface area contributed by atoms with Gasteiger partial charge >= 0.3 is 0 Å². The lowest BCUT2D eigenvalue weighted by atomic mass is 10.0.